The highest BCUT2D eigenvalue weighted by atomic mass is 15.1. The van der Waals surface area contributed by atoms with E-state index in [0.717, 1.165) is 18.0 Å². The van der Waals surface area contributed by atoms with Gasteiger partial charge in [0.05, 0.1) is 11.6 Å². The summed E-state index contributed by atoms with van der Waals surface area (Å²) in [6.07, 6.45) is 2.68. The Balaban J connectivity index is 1.95. The maximum Gasteiger partial charge on any atom is 0.0991 e. The van der Waals surface area contributed by atoms with Gasteiger partial charge in [-0.15, -0.1) is 0 Å². The fraction of sp³-hybridized carbons (Fsp3) is 0.500. The van der Waals surface area contributed by atoms with Crippen molar-refractivity contribution in [3.05, 3.63) is 35.4 Å². The summed E-state index contributed by atoms with van der Waals surface area (Å²) in [7, 11) is 0. The Morgan fingerprint density at radius 2 is 2.12 bits per heavy atom. The summed E-state index contributed by atoms with van der Waals surface area (Å²) in [4.78, 5) is 2.51. The Labute approximate surface area is 97.5 Å². The Morgan fingerprint density at radius 3 is 2.75 bits per heavy atom. The zero-order chi connectivity index (χ0) is 11.4. The molecule has 2 heteroatoms. The van der Waals surface area contributed by atoms with E-state index in [0.29, 0.717) is 0 Å². The van der Waals surface area contributed by atoms with Gasteiger partial charge in [0.1, 0.15) is 0 Å². The molecule has 0 aromatic heterocycles. The van der Waals surface area contributed by atoms with Gasteiger partial charge in [0.2, 0.25) is 0 Å². The standard InChI is InChI=1S/C14H18N2/c1-12-3-2-8-16(10-12)11-14-6-4-13(9-15)5-7-14/h4-7,12H,2-3,8,10-11H2,1H3/t12-/m1/s1. The van der Waals surface area contributed by atoms with Crippen LogP contribution in [0, 0.1) is 17.2 Å². The number of hydrogen-bond acceptors (Lipinski definition) is 2. The van der Waals surface area contributed by atoms with E-state index in [1.54, 1.807) is 0 Å². The number of likely N-dealkylation sites (tertiary alicyclic amines) is 1. The number of benzene rings is 1. The molecule has 1 aliphatic rings. The Morgan fingerprint density at radius 1 is 1.38 bits per heavy atom. The van der Waals surface area contributed by atoms with Crippen molar-refractivity contribution in [1.29, 1.82) is 5.26 Å². The van der Waals surface area contributed by atoms with Crippen LogP contribution >= 0.6 is 0 Å². The summed E-state index contributed by atoms with van der Waals surface area (Å²) in [5.74, 6) is 0.826. The summed E-state index contributed by atoms with van der Waals surface area (Å²) in [6, 6.07) is 10.1. The van der Waals surface area contributed by atoms with Crippen LogP contribution in [0.1, 0.15) is 30.9 Å². The van der Waals surface area contributed by atoms with Crippen molar-refractivity contribution in [2.75, 3.05) is 13.1 Å². The predicted octanol–water partition coefficient (Wildman–Crippen LogP) is 2.79. The third-order valence-corrected chi connectivity index (χ3v) is 3.23. The molecule has 0 aliphatic carbocycles. The smallest absolute Gasteiger partial charge is 0.0991 e. The molecule has 2 rings (SSSR count). The summed E-state index contributed by atoms with van der Waals surface area (Å²) in [6.45, 7) is 5.77. The van der Waals surface area contributed by atoms with Crippen molar-refractivity contribution >= 4 is 0 Å². The van der Waals surface area contributed by atoms with E-state index in [1.165, 1.54) is 31.5 Å². The first-order valence-electron chi connectivity index (χ1n) is 5.99. The lowest BCUT2D eigenvalue weighted by Gasteiger charge is -2.30. The van der Waals surface area contributed by atoms with Gasteiger partial charge in [-0.2, -0.15) is 5.26 Å². The van der Waals surface area contributed by atoms with Crippen LogP contribution in [0.2, 0.25) is 0 Å². The second-order valence-electron chi connectivity index (χ2n) is 4.79. The highest BCUT2D eigenvalue weighted by Crippen LogP contribution is 2.17. The second kappa shape index (κ2) is 5.14. The van der Waals surface area contributed by atoms with Gasteiger partial charge in [0.15, 0.2) is 0 Å². The van der Waals surface area contributed by atoms with Crippen molar-refractivity contribution < 1.29 is 0 Å². The summed E-state index contributed by atoms with van der Waals surface area (Å²) in [5.41, 5.74) is 2.06. The predicted molar refractivity (Wildman–Crippen MR) is 64.8 cm³/mol. The normalized spacial score (nSPS) is 21.6. The molecular formula is C14H18N2. The van der Waals surface area contributed by atoms with Crippen LogP contribution < -0.4 is 0 Å². The van der Waals surface area contributed by atoms with Gasteiger partial charge in [-0.05, 0) is 43.0 Å². The Hall–Kier alpha value is -1.33. The molecular weight excluding hydrogens is 196 g/mol. The number of nitrogens with zero attached hydrogens (tertiary/aromatic N) is 2. The third-order valence-electron chi connectivity index (χ3n) is 3.23. The number of hydrogen-bond donors (Lipinski definition) is 0. The molecule has 1 atom stereocenters. The largest absolute Gasteiger partial charge is 0.299 e. The first-order valence-corrected chi connectivity index (χ1v) is 5.99. The van der Waals surface area contributed by atoms with E-state index >= 15 is 0 Å². The van der Waals surface area contributed by atoms with Crippen molar-refractivity contribution in [2.45, 2.75) is 26.3 Å². The van der Waals surface area contributed by atoms with Crippen molar-refractivity contribution in [1.82, 2.24) is 4.90 Å². The quantitative estimate of drug-likeness (QED) is 0.757. The van der Waals surface area contributed by atoms with Gasteiger partial charge in [0, 0.05) is 13.1 Å². The molecule has 0 radical (unpaired) electrons. The zero-order valence-electron chi connectivity index (χ0n) is 9.82. The van der Waals surface area contributed by atoms with Crippen LogP contribution in [0.4, 0.5) is 0 Å². The van der Waals surface area contributed by atoms with Crippen LogP contribution in [-0.4, -0.2) is 18.0 Å². The van der Waals surface area contributed by atoms with E-state index < -0.39 is 0 Å². The van der Waals surface area contributed by atoms with E-state index in [1.807, 2.05) is 12.1 Å². The lowest BCUT2D eigenvalue weighted by molar-refractivity contribution is 0.176. The molecule has 1 aromatic rings. The Bertz CT molecular complexity index is 375. The van der Waals surface area contributed by atoms with Gasteiger partial charge < -0.3 is 0 Å². The first-order chi connectivity index (χ1) is 7.78. The zero-order valence-corrected chi connectivity index (χ0v) is 9.82. The van der Waals surface area contributed by atoms with Gasteiger partial charge in [0.25, 0.3) is 0 Å². The lowest BCUT2D eigenvalue weighted by atomic mass is 10.00. The Kier molecular flexibility index (Phi) is 3.58. The monoisotopic (exact) mass is 214 g/mol. The van der Waals surface area contributed by atoms with Gasteiger partial charge >= 0.3 is 0 Å². The highest BCUT2D eigenvalue weighted by Gasteiger charge is 2.15. The fourth-order valence-electron chi connectivity index (χ4n) is 2.37. The molecule has 0 saturated carbocycles. The number of piperidine rings is 1. The van der Waals surface area contributed by atoms with Crippen LogP contribution in [0.5, 0.6) is 0 Å². The first kappa shape index (κ1) is 11.2. The molecule has 0 amide bonds. The van der Waals surface area contributed by atoms with Crippen LogP contribution in [0.25, 0.3) is 0 Å². The summed E-state index contributed by atoms with van der Waals surface area (Å²) < 4.78 is 0. The minimum atomic E-state index is 0.746. The van der Waals surface area contributed by atoms with Crippen LogP contribution in [0.15, 0.2) is 24.3 Å². The van der Waals surface area contributed by atoms with Crippen molar-refractivity contribution in [3.63, 3.8) is 0 Å². The summed E-state index contributed by atoms with van der Waals surface area (Å²) in [5, 5.41) is 8.72. The number of rotatable bonds is 2. The van der Waals surface area contributed by atoms with E-state index in [4.69, 9.17) is 5.26 Å². The molecule has 1 heterocycles. The molecule has 0 bridgehead atoms. The van der Waals surface area contributed by atoms with E-state index in [9.17, 15) is 0 Å². The molecule has 1 fully saturated rings. The SMILES string of the molecule is C[C@@H]1CCCN(Cc2ccc(C#N)cc2)C1. The van der Waals surface area contributed by atoms with Crippen molar-refractivity contribution in [3.8, 4) is 6.07 Å². The van der Waals surface area contributed by atoms with E-state index in [-0.39, 0.29) is 0 Å². The van der Waals surface area contributed by atoms with Gasteiger partial charge in [-0.25, -0.2) is 0 Å². The number of nitriles is 1. The average molecular weight is 214 g/mol. The minimum Gasteiger partial charge on any atom is -0.299 e. The lowest BCUT2D eigenvalue weighted by Crippen LogP contribution is -2.33. The third kappa shape index (κ3) is 2.84. The molecule has 16 heavy (non-hydrogen) atoms. The van der Waals surface area contributed by atoms with E-state index in [2.05, 4.69) is 30.0 Å². The van der Waals surface area contributed by atoms with Gasteiger partial charge in [-0.3, -0.25) is 4.90 Å². The maximum absolute atomic E-state index is 8.72. The second-order valence-corrected chi connectivity index (χ2v) is 4.79. The molecule has 1 saturated heterocycles. The van der Waals surface area contributed by atoms with Crippen LogP contribution in [0.3, 0.4) is 0 Å². The minimum absolute atomic E-state index is 0.746. The molecule has 2 nitrogen and oxygen atoms in total. The molecule has 84 valence electrons. The summed E-state index contributed by atoms with van der Waals surface area (Å²) >= 11 is 0. The molecule has 1 aliphatic heterocycles. The average Bonchev–Trinajstić information content (AvgIpc) is 2.30. The maximum atomic E-state index is 8.72. The topological polar surface area (TPSA) is 27.0 Å². The molecule has 0 unspecified atom stereocenters. The van der Waals surface area contributed by atoms with Gasteiger partial charge in [-0.1, -0.05) is 19.1 Å². The molecule has 0 spiro atoms. The van der Waals surface area contributed by atoms with Crippen molar-refractivity contribution in [2.24, 2.45) is 5.92 Å². The molecule has 0 N–H and O–H groups in total. The highest BCUT2D eigenvalue weighted by molar-refractivity contribution is 5.31. The van der Waals surface area contributed by atoms with Crippen LogP contribution in [-0.2, 0) is 6.54 Å². The molecule has 1 aromatic carbocycles. The fourth-order valence-corrected chi connectivity index (χ4v) is 2.37.